The first-order valence-electron chi connectivity index (χ1n) is 6.73. The normalized spacial score (nSPS) is 18.6. The lowest BCUT2D eigenvalue weighted by atomic mass is 10.1. The molecule has 2 rings (SSSR count). The van der Waals surface area contributed by atoms with Gasteiger partial charge >= 0.3 is 12.3 Å². The number of carbonyl (C=O) groups excluding carboxylic acids is 1. The maximum absolute atomic E-state index is 12.3. The van der Waals surface area contributed by atoms with E-state index in [0.29, 0.717) is 0 Å². The van der Waals surface area contributed by atoms with Gasteiger partial charge in [-0.05, 0) is 18.2 Å². The first kappa shape index (κ1) is 17.1. The van der Waals surface area contributed by atoms with Crippen LogP contribution in [0.15, 0.2) is 24.3 Å². The number of amides is 1. The topological polar surface area (TPSA) is 76.1 Å². The zero-order valence-corrected chi connectivity index (χ0v) is 11.9. The Morgan fingerprint density at radius 1 is 1.39 bits per heavy atom. The molecule has 23 heavy (non-hydrogen) atoms. The van der Waals surface area contributed by atoms with Gasteiger partial charge in [0.25, 0.3) is 5.91 Å². The van der Waals surface area contributed by atoms with E-state index in [4.69, 9.17) is 9.84 Å². The van der Waals surface area contributed by atoms with E-state index in [1.807, 2.05) is 0 Å². The molecule has 1 aromatic carbocycles. The largest absolute Gasteiger partial charge is 0.573 e. The summed E-state index contributed by atoms with van der Waals surface area (Å²) in [7, 11) is 0. The third kappa shape index (κ3) is 5.13. The van der Waals surface area contributed by atoms with Gasteiger partial charge in [0.15, 0.2) is 0 Å². The first-order chi connectivity index (χ1) is 10.7. The Kier molecular flexibility index (Phi) is 5.09. The smallest absolute Gasteiger partial charge is 0.481 e. The number of aliphatic carboxylic acids is 1. The highest BCUT2D eigenvalue weighted by Crippen LogP contribution is 2.24. The molecule has 0 aliphatic carbocycles. The van der Waals surface area contributed by atoms with E-state index in [1.54, 1.807) is 0 Å². The standard InChI is InChI=1S/C14H14F3NO5/c15-14(16,17)23-10-3-1-2-9(6-10)13(21)18-4-5-22-11(8-18)7-12(19)20/h1-3,6,11H,4-5,7-8H2,(H,19,20). The summed E-state index contributed by atoms with van der Waals surface area (Å²) in [5.74, 6) is -2.04. The number of hydrogen-bond acceptors (Lipinski definition) is 4. The van der Waals surface area contributed by atoms with Gasteiger partial charge in [0.1, 0.15) is 5.75 Å². The minimum absolute atomic E-state index is 0.0303. The quantitative estimate of drug-likeness (QED) is 0.911. The van der Waals surface area contributed by atoms with Crippen LogP contribution in [0.2, 0.25) is 0 Å². The van der Waals surface area contributed by atoms with Crippen molar-refractivity contribution in [1.82, 2.24) is 4.90 Å². The second-order valence-electron chi connectivity index (χ2n) is 4.92. The number of nitrogens with zero attached hydrogens (tertiary/aromatic N) is 1. The number of halogens is 3. The molecule has 1 saturated heterocycles. The first-order valence-corrected chi connectivity index (χ1v) is 6.73. The fourth-order valence-corrected chi connectivity index (χ4v) is 2.23. The molecule has 1 amide bonds. The van der Waals surface area contributed by atoms with E-state index in [-0.39, 0.29) is 31.7 Å². The average Bonchev–Trinajstić information content (AvgIpc) is 2.44. The van der Waals surface area contributed by atoms with Crippen molar-refractivity contribution in [3.05, 3.63) is 29.8 Å². The Bertz CT molecular complexity index is 590. The van der Waals surface area contributed by atoms with Gasteiger partial charge in [0, 0.05) is 18.7 Å². The molecule has 9 heteroatoms. The predicted octanol–water partition coefficient (Wildman–Crippen LogP) is 1.90. The number of morpholine rings is 1. The molecule has 1 heterocycles. The van der Waals surface area contributed by atoms with E-state index in [9.17, 15) is 22.8 Å². The van der Waals surface area contributed by atoms with E-state index < -0.39 is 30.1 Å². The van der Waals surface area contributed by atoms with Crippen LogP contribution in [0.5, 0.6) is 5.75 Å². The molecule has 0 saturated carbocycles. The third-order valence-electron chi connectivity index (χ3n) is 3.14. The van der Waals surface area contributed by atoms with E-state index in [1.165, 1.54) is 17.0 Å². The molecule has 0 radical (unpaired) electrons. The lowest BCUT2D eigenvalue weighted by Gasteiger charge is -2.32. The molecule has 1 aromatic rings. The lowest BCUT2D eigenvalue weighted by Crippen LogP contribution is -2.46. The van der Waals surface area contributed by atoms with Crippen molar-refractivity contribution in [3.8, 4) is 5.75 Å². The van der Waals surface area contributed by atoms with E-state index in [0.717, 1.165) is 12.1 Å². The summed E-state index contributed by atoms with van der Waals surface area (Å²) in [5.41, 5.74) is 0.0303. The van der Waals surface area contributed by atoms with Crippen LogP contribution in [0.1, 0.15) is 16.8 Å². The molecule has 6 nitrogen and oxygen atoms in total. The number of carboxylic acids is 1. The zero-order valence-electron chi connectivity index (χ0n) is 11.9. The molecule has 1 aliphatic heterocycles. The molecule has 1 atom stereocenters. The number of carboxylic acid groups (broad SMARTS) is 1. The van der Waals surface area contributed by atoms with Crippen LogP contribution in [0.4, 0.5) is 13.2 Å². The number of ether oxygens (including phenoxy) is 2. The Morgan fingerprint density at radius 3 is 2.78 bits per heavy atom. The van der Waals surface area contributed by atoms with Gasteiger partial charge in [-0.1, -0.05) is 6.07 Å². The second-order valence-corrected chi connectivity index (χ2v) is 4.92. The van der Waals surface area contributed by atoms with Crippen LogP contribution in [-0.2, 0) is 9.53 Å². The molecule has 0 spiro atoms. The highest BCUT2D eigenvalue weighted by molar-refractivity contribution is 5.94. The average molecular weight is 333 g/mol. The van der Waals surface area contributed by atoms with Crippen LogP contribution in [0, 0.1) is 0 Å². The van der Waals surface area contributed by atoms with Gasteiger partial charge < -0.3 is 19.5 Å². The fourth-order valence-electron chi connectivity index (χ4n) is 2.23. The van der Waals surface area contributed by atoms with E-state index >= 15 is 0 Å². The summed E-state index contributed by atoms with van der Waals surface area (Å²) in [5, 5.41) is 8.75. The van der Waals surface area contributed by atoms with Crippen molar-refractivity contribution >= 4 is 11.9 Å². The van der Waals surface area contributed by atoms with Crippen molar-refractivity contribution in [3.63, 3.8) is 0 Å². The maximum Gasteiger partial charge on any atom is 0.573 e. The lowest BCUT2D eigenvalue weighted by molar-refractivity contribution is -0.274. The minimum atomic E-state index is -4.84. The van der Waals surface area contributed by atoms with Gasteiger partial charge in [0.2, 0.25) is 0 Å². The molecule has 1 aliphatic rings. The minimum Gasteiger partial charge on any atom is -0.481 e. The van der Waals surface area contributed by atoms with Crippen molar-refractivity contribution < 1.29 is 37.3 Å². The fraction of sp³-hybridized carbons (Fsp3) is 0.429. The highest BCUT2D eigenvalue weighted by atomic mass is 19.4. The van der Waals surface area contributed by atoms with Crippen molar-refractivity contribution in [2.75, 3.05) is 19.7 Å². The van der Waals surface area contributed by atoms with Gasteiger partial charge in [-0.25, -0.2) is 0 Å². The molecule has 126 valence electrons. The number of rotatable bonds is 4. The summed E-state index contributed by atoms with van der Waals surface area (Å²) in [6, 6.07) is 4.74. The summed E-state index contributed by atoms with van der Waals surface area (Å²) in [4.78, 5) is 24.4. The monoisotopic (exact) mass is 333 g/mol. The highest BCUT2D eigenvalue weighted by Gasteiger charge is 2.32. The predicted molar refractivity (Wildman–Crippen MR) is 71.0 cm³/mol. The maximum atomic E-state index is 12.3. The summed E-state index contributed by atoms with van der Waals surface area (Å²) >= 11 is 0. The molecule has 1 N–H and O–H groups in total. The van der Waals surface area contributed by atoms with Crippen molar-refractivity contribution in [2.45, 2.75) is 18.9 Å². The van der Waals surface area contributed by atoms with Gasteiger partial charge in [-0.15, -0.1) is 13.2 Å². The molecule has 1 fully saturated rings. The zero-order chi connectivity index (χ0) is 17.0. The van der Waals surface area contributed by atoms with Crippen LogP contribution in [-0.4, -0.2) is 54.0 Å². The second kappa shape index (κ2) is 6.86. The Balaban J connectivity index is 2.07. The Labute approximate surface area is 129 Å². The van der Waals surface area contributed by atoms with Crippen molar-refractivity contribution in [2.24, 2.45) is 0 Å². The van der Waals surface area contributed by atoms with E-state index in [2.05, 4.69) is 4.74 Å². The molecular weight excluding hydrogens is 319 g/mol. The van der Waals surface area contributed by atoms with Gasteiger partial charge in [0.05, 0.1) is 19.1 Å². The summed E-state index contributed by atoms with van der Waals surface area (Å²) in [6.07, 6.45) is -5.73. The Hall–Kier alpha value is -2.29. The van der Waals surface area contributed by atoms with Crippen LogP contribution in [0.25, 0.3) is 0 Å². The SMILES string of the molecule is O=C(O)CC1CN(C(=O)c2cccc(OC(F)(F)F)c2)CCO1. The Morgan fingerprint density at radius 2 is 2.13 bits per heavy atom. The summed E-state index contributed by atoms with van der Waals surface area (Å²) in [6.45, 7) is 0.469. The van der Waals surface area contributed by atoms with Gasteiger partial charge in [-0.3, -0.25) is 9.59 Å². The number of carbonyl (C=O) groups is 2. The number of alkyl halides is 3. The number of benzene rings is 1. The third-order valence-corrected chi connectivity index (χ3v) is 3.14. The molecule has 0 bridgehead atoms. The van der Waals surface area contributed by atoms with Crippen LogP contribution in [0.3, 0.4) is 0 Å². The summed E-state index contributed by atoms with van der Waals surface area (Å²) < 4.78 is 45.7. The molecule has 1 unspecified atom stereocenters. The molecular formula is C14H14F3NO5. The van der Waals surface area contributed by atoms with Crippen LogP contribution >= 0.6 is 0 Å². The van der Waals surface area contributed by atoms with Crippen molar-refractivity contribution in [1.29, 1.82) is 0 Å². The van der Waals surface area contributed by atoms with Gasteiger partial charge in [-0.2, -0.15) is 0 Å². The number of hydrogen-bond donors (Lipinski definition) is 1. The van der Waals surface area contributed by atoms with Crippen LogP contribution < -0.4 is 4.74 Å². The molecule has 0 aromatic heterocycles.